The summed E-state index contributed by atoms with van der Waals surface area (Å²) < 4.78 is 14.2. The Morgan fingerprint density at radius 2 is 1.95 bits per heavy atom. The molecule has 2 N–H and O–H groups in total. The number of hydrogen-bond acceptors (Lipinski definition) is 2. The minimum absolute atomic E-state index is 0.291. The maximum absolute atomic E-state index is 13.4. The molecule has 1 atom stereocenters. The second-order valence-electron chi connectivity index (χ2n) is 4.60. The van der Waals surface area contributed by atoms with E-state index in [9.17, 15) is 4.39 Å². The van der Waals surface area contributed by atoms with Gasteiger partial charge in [-0.1, -0.05) is 28.1 Å². The standard InChI is InChI=1S/C16H12BrFN2/c17-14-5-4-12(18)9-13(14)16(19)11-3-6-15-10(8-11)2-1-7-20-15/h1-9,16H,19H2. The number of halogens is 2. The van der Waals surface area contributed by atoms with Gasteiger partial charge in [-0.05, 0) is 47.5 Å². The number of benzene rings is 2. The average molecular weight is 331 g/mol. The molecule has 100 valence electrons. The van der Waals surface area contributed by atoms with Gasteiger partial charge in [-0.3, -0.25) is 4.98 Å². The van der Waals surface area contributed by atoms with E-state index in [0.717, 1.165) is 26.5 Å². The summed E-state index contributed by atoms with van der Waals surface area (Å²) in [6.45, 7) is 0. The molecule has 20 heavy (non-hydrogen) atoms. The number of aromatic nitrogens is 1. The molecule has 1 heterocycles. The van der Waals surface area contributed by atoms with E-state index >= 15 is 0 Å². The minimum atomic E-state index is -0.385. The van der Waals surface area contributed by atoms with Crippen molar-refractivity contribution in [3.63, 3.8) is 0 Å². The molecule has 0 aliphatic rings. The van der Waals surface area contributed by atoms with Gasteiger partial charge in [0.1, 0.15) is 5.82 Å². The predicted molar refractivity (Wildman–Crippen MR) is 81.9 cm³/mol. The number of fused-ring (bicyclic) bond motifs is 1. The van der Waals surface area contributed by atoms with E-state index in [2.05, 4.69) is 20.9 Å². The van der Waals surface area contributed by atoms with E-state index in [0.29, 0.717) is 0 Å². The van der Waals surface area contributed by atoms with Gasteiger partial charge in [0.15, 0.2) is 0 Å². The zero-order chi connectivity index (χ0) is 14.1. The van der Waals surface area contributed by atoms with Crippen LogP contribution in [0.15, 0.2) is 59.2 Å². The van der Waals surface area contributed by atoms with Gasteiger partial charge >= 0.3 is 0 Å². The highest BCUT2D eigenvalue weighted by Crippen LogP contribution is 2.28. The smallest absolute Gasteiger partial charge is 0.123 e. The molecule has 0 aliphatic heterocycles. The molecule has 0 bridgehead atoms. The van der Waals surface area contributed by atoms with E-state index in [1.807, 2.05) is 30.3 Å². The second kappa shape index (κ2) is 5.31. The van der Waals surface area contributed by atoms with E-state index in [1.165, 1.54) is 12.1 Å². The van der Waals surface area contributed by atoms with Crippen molar-refractivity contribution in [3.05, 3.63) is 76.1 Å². The zero-order valence-electron chi connectivity index (χ0n) is 10.6. The molecule has 3 aromatic rings. The average Bonchev–Trinajstić information content (AvgIpc) is 2.48. The van der Waals surface area contributed by atoms with Crippen molar-refractivity contribution < 1.29 is 4.39 Å². The molecule has 1 aromatic heterocycles. The molecule has 3 rings (SSSR count). The van der Waals surface area contributed by atoms with Crippen LogP contribution in [0.5, 0.6) is 0 Å². The third-order valence-corrected chi connectivity index (χ3v) is 4.00. The molecule has 2 aromatic carbocycles. The monoisotopic (exact) mass is 330 g/mol. The SMILES string of the molecule is NC(c1ccc2ncccc2c1)c1cc(F)ccc1Br. The lowest BCUT2D eigenvalue weighted by Crippen LogP contribution is -2.12. The normalized spacial score (nSPS) is 12.6. The van der Waals surface area contributed by atoms with Gasteiger partial charge in [-0.25, -0.2) is 4.39 Å². The molecule has 0 saturated heterocycles. The number of rotatable bonds is 2. The summed E-state index contributed by atoms with van der Waals surface area (Å²) in [7, 11) is 0. The molecule has 0 saturated carbocycles. The Morgan fingerprint density at radius 3 is 2.80 bits per heavy atom. The van der Waals surface area contributed by atoms with E-state index in [4.69, 9.17) is 5.73 Å². The third kappa shape index (κ3) is 2.44. The second-order valence-corrected chi connectivity index (χ2v) is 5.45. The van der Waals surface area contributed by atoms with Gasteiger partial charge in [0.2, 0.25) is 0 Å². The van der Waals surface area contributed by atoms with E-state index in [-0.39, 0.29) is 11.9 Å². The zero-order valence-corrected chi connectivity index (χ0v) is 12.1. The van der Waals surface area contributed by atoms with Gasteiger partial charge in [-0.15, -0.1) is 0 Å². The van der Waals surface area contributed by atoms with Crippen LogP contribution in [0.2, 0.25) is 0 Å². The van der Waals surface area contributed by atoms with Gasteiger partial charge in [-0.2, -0.15) is 0 Å². The van der Waals surface area contributed by atoms with Gasteiger partial charge < -0.3 is 5.73 Å². The molecule has 1 unspecified atom stereocenters. The molecule has 0 spiro atoms. The van der Waals surface area contributed by atoms with Crippen LogP contribution in [0, 0.1) is 5.82 Å². The van der Waals surface area contributed by atoms with Crippen LogP contribution >= 0.6 is 15.9 Å². The lowest BCUT2D eigenvalue weighted by atomic mass is 9.98. The van der Waals surface area contributed by atoms with Crippen LogP contribution in [0.1, 0.15) is 17.2 Å². The first-order valence-corrected chi connectivity index (χ1v) is 6.99. The molecule has 0 amide bonds. The molecule has 0 aliphatic carbocycles. The highest BCUT2D eigenvalue weighted by molar-refractivity contribution is 9.10. The largest absolute Gasteiger partial charge is 0.320 e. The lowest BCUT2D eigenvalue weighted by Gasteiger charge is -2.15. The minimum Gasteiger partial charge on any atom is -0.320 e. The Hall–Kier alpha value is -1.78. The van der Waals surface area contributed by atoms with Gasteiger partial charge in [0.25, 0.3) is 0 Å². The van der Waals surface area contributed by atoms with Crippen molar-refractivity contribution in [1.82, 2.24) is 4.98 Å². The summed E-state index contributed by atoms with van der Waals surface area (Å²) in [6, 6.07) is 13.9. The van der Waals surface area contributed by atoms with Crippen LogP contribution in [0.3, 0.4) is 0 Å². The van der Waals surface area contributed by atoms with Gasteiger partial charge in [0.05, 0.1) is 11.6 Å². The molecular formula is C16H12BrFN2. The Balaban J connectivity index is 2.07. The first-order chi connectivity index (χ1) is 9.65. The molecular weight excluding hydrogens is 319 g/mol. The lowest BCUT2D eigenvalue weighted by molar-refractivity contribution is 0.623. The van der Waals surface area contributed by atoms with Crippen molar-refractivity contribution in [2.75, 3.05) is 0 Å². The summed E-state index contributed by atoms with van der Waals surface area (Å²) in [6.07, 6.45) is 1.76. The Morgan fingerprint density at radius 1 is 1.10 bits per heavy atom. The van der Waals surface area contributed by atoms with Crippen molar-refractivity contribution >= 4 is 26.8 Å². The molecule has 4 heteroatoms. The first-order valence-electron chi connectivity index (χ1n) is 6.20. The maximum Gasteiger partial charge on any atom is 0.123 e. The Bertz CT molecular complexity index is 773. The summed E-state index contributed by atoms with van der Waals surface area (Å²) in [5.74, 6) is -0.291. The van der Waals surface area contributed by atoms with Crippen LogP contribution in [-0.2, 0) is 0 Å². The molecule has 2 nitrogen and oxygen atoms in total. The number of nitrogens with two attached hydrogens (primary N) is 1. The number of pyridine rings is 1. The summed E-state index contributed by atoms with van der Waals surface area (Å²) in [4.78, 5) is 4.28. The van der Waals surface area contributed by atoms with Crippen LogP contribution in [0.4, 0.5) is 4.39 Å². The van der Waals surface area contributed by atoms with Crippen LogP contribution < -0.4 is 5.73 Å². The molecule has 0 fully saturated rings. The van der Waals surface area contributed by atoms with Crippen molar-refractivity contribution in [3.8, 4) is 0 Å². The fraction of sp³-hybridized carbons (Fsp3) is 0.0625. The fourth-order valence-electron chi connectivity index (χ4n) is 2.22. The number of nitrogens with zero attached hydrogens (tertiary/aromatic N) is 1. The quantitative estimate of drug-likeness (QED) is 0.765. The highest BCUT2D eigenvalue weighted by Gasteiger charge is 2.13. The highest BCUT2D eigenvalue weighted by atomic mass is 79.9. The van der Waals surface area contributed by atoms with Gasteiger partial charge in [0, 0.05) is 16.1 Å². The topological polar surface area (TPSA) is 38.9 Å². The van der Waals surface area contributed by atoms with Crippen LogP contribution in [-0.4, -0.2) is 4.98 Å². The summed E-state index contributed by atoms with van der Waals surface area (Å²) >= 11 is 3.42. The summed E-state index contributed by atoms with van der Waals surface area (Å²) in [5.41, 5.74) is 8.84. The van der Waals surface area contributed by atoms with Crippen molar-refractivity contribution in [2.24, 2.45) is 5.73 Å². The Labute approximate surface area is 124 Å². The fourth-order valence-corrected chi connectivity index (χ4v) is 2.71. The first kappa shape index (κ1) is 13.2. The van der Waals surface area contributed by atoms with Crippen LogP contribution in [0.25, 0.3) is 10.9 Å². The summed E-state index contributed by atoms with van der Waals surface area (Å²) in [5, 5.41) is 1.02. The number of hydrogen-bond donors (Lipinski definition) is 1. The van der Waals surface area contributed by atoms with Crippen molar-refractivity contribution in [2.45, 2.75) is 6.04 Å². The van der Waals surface area contributed by atoms with E-state index in [1.54, 1.807) is 12.3 Å². The maximum atomic E-state index is 13.4. The molecule has 0 radical (unpaired) electrons. The van der Waals surface area contributed by atoms with Crippen molar-refractivity contribution in [1.29, 1.82) is 0 Å². The van der Waals surface area contributed by atoms with E-state index < -0.39 is 0 Å². The third-order valence-electron chi connectivity index (χ3n) is 3.28. The predicted octanol–water partition coefficient (Wildman–Crippen LogP) is 4.18. The Kier molecular flexibility index (Phi) is 3.51.